The summed E-state index contributed by atoms with van der Waals surface area (Å²) in [5.74, 6) is -1.76. The van der Waals surface area contributed by atoms with E-state index < -0.39 is 27.7 Å². The van der Waals surface area contributed by atoms with Gasteiger partial charge < -0.3 is 4.90 Å². The van der Waals surface area contributed by atoms with Crippen LogP contribution in [0.3, 0.4) is 0 Å². The molecular weight excluding hydrogens is 482 g/mol. The average Bonchev–Trinajstić information content (AvgIpc) is 2.82. The van der Waals surface area contributed by atoms with E-state index >= 15 is 0 Å². The van der Waals surface area contributed by atoms with Crippen LogP contribution >= 0.6 is 11.6 Å². The third-order valence-electron chi connectivity index (χ3n) is 5.62. The number of likely N-dealkylation sites (tertiary alicyclic amines) is 1. The highest BCUT2D eigenvalue weighted by molar-refractivity contribution is 7.92. The van der Waals surface area contributed by atoms with Crippen molar-refractivity contribution in [3.8, 4) is 0 Å². The molecular formula is C25H25ClF2N2O3S. The van der Waals surface area contributed by atoms with Crippen LogP contribution in [0.4, 0.5) is 14.5 Å². The number of hydrogen-bond donors (Lipinski definition) is 0. The summed E-state index contributed by atoms with van der Waals surface area (Å²) in [5.41, 5.74) is 0.176. The molecule has 4 rings (SSSR count). The zero-order valence-electron chi connectivity index (χ0n) is 17.5. The molecule has 0 bridgehead atoms. The fraction of sp³-hybridized carbons (Fsp3) is 0.240. The lowest BCUT2D eigenvalue weighted by Crippen LogP contribution is -2.49. The number of piperidine rings is 1. The molecule has 180 valence electrons. The van der Waals surface area contributed by atoms with E-state index in [0.29, 0.717) is 10.6 Å². The van der Waals surface area contributed by atoms with E-state index in [9.17, 15) is 22.0 Å². The zero-order chi connectivity index (χ0) is 23.6. The summed E-state index contributed by atoms with van der Waals surface area (Å²) in [7, 11) is -4.24. The molecule has 0 atom stereocenters. The molecule has 9 heteroatoms. The van der Waals surface area contributed by atoms with Crippen molar-refractivity contribution in [2.45, 2.75) is 31.2 Å². The molecule has 1 fully saturated rings. The van der Waals surface area contributed by atoms with Gasteiger partial charge >= 0.3 is 0 Å². The Kier molecular flexibility index (Phi) is 7.94. The number of halogens is 3. The van der Waals surface area contributed by atoms with Gasteiger partial charge in [0.1, 0.15) is 11.6 Å². The molecule has 0 saturated carbocycles. The number of carbonyl (C=O) groups is 1. The molecule has 1 aliphatic rings. The number of rotatable bonds is 5. The smallest absolute Gasteiger partial charge is 0.264 e. The number of anilines is 1. The van der Waals surface area contributed by atoms with Crippen molar-refractivity contribution in [2.75, 3.05) is 17.4 Å². The largest absolute Gasteiger partial charge is 0.338 e. The topological polar surface area (TPSA) is 57.7 Å². The van der Waals surface area contributed by atoms with Crippen molar-refractivity contribution < 1.29 is 22.0 Å². The number of carbonyl (C=O) groups excluding carboxylic acids is 1. The van der Waals surface area contributed by atoms with Crippen molar-refractivity contribution >= 4 is 33.2 Å². The van der Waals surface area contributed by atoms with Crippen LogP contribution < -0.4 is 4.31 Å². The van der Waals surface area contributed by atoms with Gasteiger partial charge in [0.2, 0.25) is 0 Å². The lowest BCUT2D eigenvalue weighted by atomic mass is 10.0. The van der Waals surface area contributed by atoms with E-state index in [4.69, 9.17) is 11.6 Å². The molecule has 0 aliphatic carbocycles. The Balaban J connectivity index is 0.00000324. The minimum absolute atomic E-state index is 0. The van der Waals surface area contributed by atoms with Gasteiger partial charge in [0.15, 0.2) is 0 Å². The summed E-state index contributed by atoms with van der Waals surface area (Å²) in [4.78, 5) is 14.3. The SMILES string of the molecule is C.O=C(c1ccccc1)N1CCC(N(c2cc(F)ccc2F)S(=O)(=O)c2ccc(Cl)cc2)CC1. The molecule has 0 N–H and O–H groups in total. The van der Waals surface area contributed by atoms with Crippen LogP contribution in [0.5, 0.6) is 0 Å². The monoisotopic (exact) mass is 506 g/mol. The van der Waals surface area contributed by atoms with Gasteiger partial charge in [-0.2, -0.15) is 0 Å². The molecule has 1 heterocycles. The van der Waals surface area contributed by atoms with Gasteiger partial charge in [-0.05, 0) is 61.4 Å². The van der Waals surface area contributed by atoms with E-state index in [2.05, 4.69) is 0 Å². The lowest BCUT2D eigenvalue weighted by molar-refractivity contribution is 0.0715. The van der Waals surface area contributed by atoms with Crippen LogP contribution in [-0.2, 0) is 10.0 Å². The Hall–Kier alpha value is -2.97. The Bertz CT molecular complexity index is 1250. The van der Waals surface area contributed by atoms with Gasteiger partial charge in [-0.15, -0.1) is 0 Å². The van der Waals surface area contributed by atoms with Gasteiger partial charge in [0.05, 0.1) is 10.6 Å². The number of nitrogens with zero attached hydrogens (tertiary/aromatic N) is 2. The van der Waals surface area contributed by atoms with Crippen LogP contribution in [0.15, 0.2) is 77.7 Å². The molecule has 1 amide bonds. The van der Waals surface area contributed by atoms with Crippen molar-refractivity contribution in [1.29, 1.82) is 0 Å². The van der Waals surface area contributed by atoms with Gasteiger partial charge in [-0.25, -0.2) is 17.2 Å². The maximum absolute atomic E-state index is 14.8. The molecule has 0 radical (unpaired) electrons. The molecule has 0 unspecified atom stereocenters. The van der Waals surface area contributed by atoms with E-state index in [1.807, 2.05) is 6.07 Å². The second-order valence-electron chi connectivity index (χ2n) is 7.74. The van der Waals surface area contributed by atoms with Gasteiger partial charge in [-0.1, -0.05) is 37.2 Å². The quantitative estimate of drug-likeness (QED) is 0.442. The highest BCUT2D eigenvalue weighted by Gasteiger charge is 2.36. The number of benzene rings is 3. The van der Waals surface area contributed by atoms with Crippen molar-refractivity contribution in [2.24, 2.45) is 0 Å². The molecule has 0 spiro atoms. The highest BCUT2D eigenvalue weighted by Crippen LogP contribution is 2.33. The molecule has 0 aromatic heterocycles. The second-order valence-corrected chi connectivity index (χ2v) is 9.99. The van der Waals surface area contributed by atoms with Crippen molar-refractivity contribution in [1.82, 2.24) is 4.90 Å². The first-order valence-electron chi connectivity index (χ1n) is 10.4. The first-order valence-corrected chi connectivity index (χ1v) is 12.2. The third kappa shape index (κ3) is 5.23. The van der Waals surface area contributed by atoms with Crippen LogP contribution in [0.25, 0.3) is 0 Å². The number of sulfonamides is 1. The Morgan fingerprint density at radius 2 is 1.56 bits per heavy atom. The minimum atomic E-state index is -4.24. The molecule has 3 aromatic rings. The van der Waals surface area contributed by atoms with Gasteiger partial charge in [0, 0.05) is 35.8 Å². The number of hydrogen-bond acceptors (Lipinski definition) is 3. The minimum Gasteiger partial charge on any atom is -0.338 e. The van der Waals surface area contributed by atoms with Crippen molar-refractivity contribution in [3.63, 3.8) is 0 Å². The van der Waals surface area contributed by atoms with Gasteiger partial charge in [0.25, 0.3) is 15.9 Å². The van der Waals surface area contributed by atoms with Crippen LogP contribution in [0, 0.1) is 11.6 Å². The summed E-state index contributed by atoms with van der Waals surface area (Å²) in [6.45, 7) is 0.559. The Morgan fingerprint density at radius 1 is 0.941 bits per heavy atom. The van der Waals surface area contributed by atoms with Gasteiger partial charge in [-0.3, -0.25) is 9.10 Å². The van der Waals surface area contributed by atoms with Crippen LogP contribution in [-0.4, -0.2) is 38.4 Å². The maximum atomic E-state index is 14.8. The molecule has 1 aliphatic heterocycles. The van der Waals surface area contributed by atoms with E-state index in [0.717, 1.165) is 22.5 Å². The molecule has 1 saturated heterocycles. The van der Waals surface area contributed by atoms with E-state index in [1.165, 1.54) is 24.3 Å². The predicted molar refractivity (Wildman–Crippen MR) is 130 cm³/mol. The summed E-state index contributed by atoms with van der Waals surface area (Å²) in [6.07, 6.45) is 0.530. The Morgan fingerprint density at radius 3 is 2.18 bits per heavy atom. The van der Waals surface area contributed by atoms with Crippen LogP contribution in [0.2, 0.25) is 5.02 Å². The zero-order valence-corrected chi connectivity index (χ0v) is 19.1. The Labute approximate surface area is 203 Å². The standard InChI is InChI=1S/C24H21ClF2N2O3S.CH4/c25-18-6-9-21(10-7-18)33(31,32)29(23-16-19(26)8-11-22(23)27)20-12-14-28(15-13-20)24(30)17-4-2-1-3-5-17;/h1-11,16,20H,12-15H2;1H4. The van der Waals surface area contributed by atoms with E-state index in [-0.39, 0.29) is 49.8 Å². The summed E-state index contributed by atoms with van der Waals surface area (Å²) >= 11 is 5.89. The third-order valence-corrected chi connectivity index (χ3v) is 7.75. The summed E-state index contributed by atoms with van der Waals surface area (Å²) in [6, 6.07) is 16.4. The summed E-state index contributed by atoms with van der Waals surface area (Å²) in [5, 5.41) is 0.352. The normalized spacial score (nSPS) is 14.4. The summed E-state index contributed by atoms with van der Waals surface area (Å²) < 4.78 is 56.8. The molecule has 5 nitrogen and oxygen atoms in total. The first kappa shape index (κ1) is 25.6. The number of amides is 1. The first-order chi connectivity index (χ1) is 15.8. The second kappa shape index (κ2) is 10.5. The lowest BCUT2D eigenvalue weighted by Gasteiger charge is -2.39. The predicted octanol–water partition coefficient (Wildman–Crippen LogP) is 5.75. The fourth-order valence-electron chi connectivity index (χ4n) is 3.96. The van der Waals surface area contributed by atoms with E-state index in [1.54, 1.807) is 29.2 Å². The highest BCUT2D eigenvalue weighted by atomic mass is 35.5. The average molecular weight is 507 g/mol. The van der Waals surface area contributed by atoms with Crippen LogP contribution in [0.1, 0.15) is 30.6 Å². The molecule has 3 aromatic carbocycles. The fourth-order valence-corrected chi connectivity index (χ4v) is 5.80. The van der Waals surface area contributed by atoms with Crippen molar-refractivity contribution in [3.05, 3.63) is 95.0 Å². The molecule has 34 heavy (non-hydrogen) atoms. The maximum Gasteiger partial charge on any atom is 0.264 e.